The number of para-hydroxylation sites is 1. The van der Waals surface area contributed by atoms with E-state index >= 15 is 0 Å². The van der Waals surface area contributed by atoms with Crippen LogP contribution in [0.5, 0.6) is 5.75 Å². The van der Waals surface area contributed by atoms with Crippen LogP contribution in [-0.2, 0) is 20.7 Å². The van der Waals surface area contributed by atoms with Crippen molar-refractivity contribution in [2.24, 2.45) is 5.73 Å². The first-order valence-electron chi connectivity index (χ1n) is 8.47. The van der Waals surface area contributed by atoms with Crippen LogP contribution in [0, 0.1) is 6.92 Å². The van der Waals surface area contributed by atoms with E-state index in [2.05, 4.69) is 5.32 Å². The largest absolute Gasteiger partial charge is 0.484 e. The maximum atomic E-state index is 12.1. The molecule has 142 valence electrons. The van der Waals surface area contributed by atoms with Crippen LogP contribution in [0.4, 0.5) is 5.69 Å². The lowest BCUT2D eigenvalue weighted by molar-refractivity contribution is -0.120. The molecule has 0 unspecified atom stereocenters. The molecule has 0 bridgehead atoms. The van der Waals surface area contributed by atoms with Gasteiger partial charge in [-0.25, -0.2) is 4.79 Å². The third-order valence-corrected chi connectivity index (χ3v) is 3.81. The molecular weight excluding hydrogens is 348 g/mol. The molecule has 2 amide bonds. The molecule has 0 saturated heterocycles. The summed E-state index contributed by atoms with van der Waals surface area (Å²) in [5.41, 5.74) is 7.96. The van der Waals surface area contributed by atoms with Crippen LogP contribution < -0.4 is 15.8 Å². The summed E-state index contributed by atoms with van der Waals surface area (Å²) in [5.74, 6) is -1.24. The van der Waals surface area contributed by atoms with Gasteiger partial charge in [0, 0.05) is 5.69 Å². The second kappa shape index (κ2) is 9.38. The molecule has 2 rings (SSSR count). The van der Waals surface area contributed by atoms with Crippen molar-refractivity contribution in [2.45, 2.75) is 20.3 Å². The van der Waals surface area contributed by atoms with Gasteiger partial charge in [0.1, 0.15) is 5.75 Å². The first-order valence-corrected chi connectivity index (χ1v) is 8.47. The molecule has 7 nitrogen and oxygen atoms in total. The van der Waals surface area contributed by atoms with Gasteiger partial charge < -0.3 is 20.5 Å². The molecule has 27 heavy (non-hydrogen) atoms. The third kappa shape index (κ3) is 5.85. The van der Waals surface area contributed by atoms with Gasteiger partial charge in [-0.3, -0.25) is 9.59 Å². The molecule has 7 heteroatoms. The minimum Gasteiger partial charge on any atom is -0.484 e. The van der Waals surface area contributed by atoms with Gasteiger partial charge in [0.2, 0.25) is 0 Å². The Balaban J connectivity index is 1.90. The summed E-state index contributed by atoms with van der Waals surface area (Å²) in [5, 5.41) is 2.79. The number of hydrogen-bond donors (Lipinski definition) is 2. The van der Waals surface area contributed by atoms with Crippen molar-refractivity contribution in [1.29, 1.82) is 0 Å². The molecule has 0 fully saturated rings. The molecule has 0 atom stereocenters. The number of hydrogen-bond acceptors (Lipinski definition) is 5. The predicted molar refractivity (Wildman–Crippen MR) is 101 cm³/mol. The van der Waals surface area contributed by atoms with E-state index in [1.54, 1.807) is 0 Å². The number of aryl methyl sites for hydroxylation is 2. The van der Waals surface area contributed by atoms with Gasteiger partial charge in [0.15, 0.2) is 13.2 Å². The summed E-state index contributed by atoms with van der Waals surface area (Å²) in [6.07, 6.45) is 0.779. The van der Waals surface area contributed by atoms with Crippen molar-refractivity contribution in [1.82, 2.24) is 0 Å². The van der Waals surface area contributed by atoms with Crippen molar-refractivity contribution in [3.63, 3.8) is 0 Å². The quantitative estimate of drug-likeness (QED) is 0.693. The second-order valence-electron chi connectivity index (χ2n) is 5.87. The molecule has 0 aliphatic carbocycles. The van der Waals surface area contributed by atoms with Gasteiger partial charge in [-0.05, 0) is 48.7 Å². The summed E-state index contributed by atoms with van der Waals surface area (Å²) in [6.45, 7) is 3.27. The van der Waals surface area contributed by atoms with Crippen LogP contribution in [-0.4, -0.2) is 31.0 Å². The first-order chi connectivity index (χ1) is 12.9. The highest BCUT2D eigenvalue weighted by molar-refractivity contribution is 5.96. The van der Waals surface area contributed by atoms with Crippen LogP contribution >= 0.6 is 0 Å². The van der Waals surface area contributed by atoms with Gasteiger partial charge in [-0.15, -0.1) is 0 Å². The zero-order valence-corrected chi connectivity index (χ0v) is 15.3. The number of nitrogens with two attached hydrogens (primary N) is 1. The van der Waals surface area contributed by atoms with Crippen LogP contribution in [0.2, 0.25) is 0 Å². The molecular formula is C20H22N2O5. The Morgan fingerprint density at radius 3 is 2.37 bits per heavy atom. The maximum Gasteiger partial charge on any atom is 0.338 e. The standard InChI is InChI=1S/C20H22N2O5/c1-3-14-6-4-5-13(2)19(14)22-18(24)12-27-20(25)15-7-9-16(10-8-15)26-11-17(21)23/h4-10H,3,11-12H2,1-2H3,(H2,21,23)(H,22,24). The molecule has 0 spiro atoms. The summed E-state index contributed by atoms with van der Waals surface area (Å²) in [7, 11) is 0. The highest BCUT2D eigenvalue weighted by atomic mass is 16.5. The Labute approximate surface area is 157 Å². The van der Waals surface area contributed by atoms with Crippen LogP contribution in [0.25, 0.3) is 0 Å². The number of esters is 1. The summed E-state index contributed by atoms with van der Waals surface area (Å²) in [6, 6.07) is 11.8. The highest BCUT2D eigenvalue weighted by Gasteiger charge is 2.13. The smallest absolute Gasteiger partial charge is 0.338 e. The number of ether oxygens (including phenoxy) is 2. The number of rotatable bonds is 8. The van der Waals surface area contributed by atoms with Crippen molar-refractivity contribution in [3.8, 4) is 5.75 Å². The monoisotopic (exact) mass is 370 g/mol. The molecule has 0 aliphatic heterocycles. The normalized spacial score (nSPS) is 10.1. The second-order valence-corrected chi connectivity index (χ2v) is 5.87. The van der Waals surface area contributed by atoms with E-state index in [1.807, 2.05) is 32.0 Å². The molecule has 2 aromatic rings. The van der Waals surface area contributed by atoms with E-state index in [4.69, 9.17) is 15.2 Å². The molecule has 0 aromatic heterocycles. The number of amides is 2. The van der Waals surface area contributed by atoms with Crippen LogP contribution in [0.1, 0.15) is 28.4 Å². The Kier molecular flexibility index (Phi) is 6.93. The Morgan fingerprint density at radius 1 is 1.04 bits per heavy atom. The van der Waals surface area contributed by atoms with Crippen molar-refractivity contribution >= 4 is 23.5 Å². The topological polar surface area (TPSA) is 108 Å². The van der Waals surface area contributed by atoms with Gasteiger partial charge in [-0.1, -0.05) is 25.1 Å². The Morgan fingerprint density at radius 2 is 1.74 bits per heavy atom. The van der Waals surface area contributed by atoms with Crippen LogP contribution in [0.3, 0.4) is 0 Å². The first kappa shape index (κ1) is 20.0. The molecule has 0 heterocycles. The summed E-state index contributed by atoms with van der Waals surface area (Å²) in [4.78, 5) is 34.8. The lowest BCUT2D eigenvalue weighted by Crippen LogP contribution is -2.22. The average Bonchev–Trinajstić information content (AvgIpc) is 2.66. The molecule has 2 aromatic carbocycles. The van der Waals surface area contributed by atoms with Crippen LogP contribution in [0.15, 0.2) is 42.5 Å². The predicted octanol–water partition coefficient (Wildman–Crippen LogP) is 2.22. The zero-order valence-electron chi connectivity index (χ0n) is 15.3. The Hall–Kier alpha value is -3.35. The van der Waals surface area contributed by atoms with Crippen molar-refractivity contribution in [2.75, 3.05) is 18.5 Å². The number of carbonyl (C=O) groups is 3. The van der Waals surface area contributed by atoms with Crippen molar-refractivity contribution < 1.29 is 23.9 Å². The average molecular weight is 370 g/mol. The fourth-order valence-electron chi connectivity index (χ4n) is 2.43. The fourth-order valence-corrected chi connectivity index (χ4v) is 2.43. The van der Waals surface area contributed by atoms with E-state index in [9.17, 15) is 14.4 Å². The van der Waals surface area contributed by atoms with Gasteiger partial charge in [0.25, 0.3) is 11.8 Å². The number of benzene rings is 2. The molecule has 0 radical (unpaired) electrons. The number of nitrogens with one attached hydrogen (secondary N) is 1. The van der Waals surface area contributed by atoms with E-state index in [-0.39, 0.29) is 12.2 Å². The van der Waals surface area contributed by atoms with Gasteiger partial charge in [0.05, 0.1) is 5.56 Å². The third-order valence-electron chi connectivity index (χ3n) is 3.81. The van der Waals surface area contributed by atoms with E-state index in [0.29, 0.717) is 5.75 Å². The van der Waals surface area contributed by atoms with E-state index < -0.39 is 24.4 Å². The molecule has 3 N–H and O–H groups in total. The molecule has 0 saturated carbocycles. The zero-order chi connectivity index (χ0) is 19.8. The number of primary amides is 1. The summed E-state index contributed by atoms with van der Waals surface area (Å²) < 4.78 is 10.2. The molecule has 0 aliphatic rings. The SMILES string of the molecule is CCc1cccc(C)c1NC(=O)COC(=O)c1ccc(OCC(N)=O)cc1. The van der Waals surface area contributed by atoms with Gasteiger partial charge >= 0.3 is 5.97 Å². The lowest BCUT2D eigenvalue weighted by Gasteiger charge is -2.13. The number of carbonyl (C=O) groups excluding carboxylic acids is 3. The highest BCUT2D eigenvalue weighted by Crippen LogP contribution is 2.21. The fraction of sp³-hybridized carbons (Fsp3) is 0.250. The van der Waals surface area contributed by atoms with Crippen molar-refractivity contribution in [3.05, 3.63) is 59.2 Å². The Bertz CT molecular complexity index is 831. The van der Waals surface area contributed by atoms with E-state index in [1.165, 1.54) is 24.3 Å². The summed E-state index contributed by atoms with van der Waals surface area (Å²) >= 11 is 0. The lowest BCUT2D eigenvalue weighted by atomic mass is 10.1. The maximum absolute atomic E-state index is 12.1. The number of anilines is 1. The van der Waals surface area contributed by atoms with E-state index in [0.717, 1.165) is 23.2 Å². The van der Waals surface area contributed by atoms with Gasteiger partial charge in [-0.2, -0.15) is 0 Å². The minimum atomic E-state index is -0.632. The minimum absolute atomic E-state index is 0.247.